The maximum absolute atomic E-state index is 13.7. The normalized spacial score (nSPS) is 12.5. The van der Waals surface area contributed by atoms with Gasteiger partial charge in [-0.15, -0.1) is 11.3 Å². The maximum atomic E-state index is 13.7. The van der Waals surface area contributed by atoms with Crippen LogP contribution in [0.15, 0.2) is 76.5 Å². The van der Waals surface area contributed by atoms with Crippen LogP contribution >= 0.6 is 11.3 Å². The average Bonchev–Trinajstić information content (AvgIpc) is 3.44. The van der Waals surface area contributed by atoms with Gasteiger partial charge < -0.3 is 20.5 Å². The van der Waals surface area contributed by atoms with Gasteiger partial charge in [0.2, 0.25) is 22.4 Å². The van der Waals surface area contributed by atoms with Crippen LogP contribution in [-0.2, 0) is 9.84 Å². The lowest BCUT2D eigenvalue weighted by Crippen LogP contribution is -2.08. The van der Waals surface area contributed by atoms with E-state index < -0.39 is 15.6 Å². The van der Waals surface area contributed by atoms with E-state index in [1.807, 2.05) is 38.1 Å². The summed E-state index contributed by atoms with van der Waals surface area (Å²) in [4.78, 5) is 13.6. The second kappa shape index (κ2) is 8.75. The summed E-state index contributed by atoms with van der Waals surface area (Å²) in [7, 11) is -4.02. The van der Waals surface area contributed by atoms with Crippen molar-refractivity contribution in [3.8, 4) is 11.5 Å². The molecule has 1 aliphatic heterocycles. The zero-order valence-corrected chi connectivity index (χ0v) is 20.6. The molecule has 35 heavy (non-hydrogen) atoms. The fourth-order valence-corrected chi connectivity index (χ4v) is 6.65. The zero-order chi connectivity index (χ0) is 24.7. The molecular formula is C26H22N2O5S2. The molecular weight excluding hydrogens is 484 g/mol. The number of nitrogens with two attached hydrogens (primary N) is 1. The van der Waals surface area contributed by atoms with Gasteiger partial charge in [0.1, 0.15) is 14.8 Å². The molecule has 0 aliphatic carbocycles. The van der Waals surface area contributed by atoms with E-state index in [2.05, 4.69) is 5.32 Å². The number of sulfone groups is 1. The van der Waals surface area contributed by atoms with Gasteiger partial charge >= 0.3 is 0 Å². The Bertz CT molecular complexity index is 1540. The highest BCUT2D eigenvalue weighted by Gasteiger charge is 2.32. The fourth-order valence-electron chi connectivity index (χ4n) is 3.72. The summed E-state index contributed by atoms with van der Waals surface area (Å²) >= 11 is 1.01. The highest BCUT2D eigenvalue weighted by atomic mass is 32.2. The molecule has 1 aromatic heterocycles. The van der Waals surface area contributed by atoms with Gasteiger partial charge in [-0.2, -0.15) is 0 Å². The maximum Gasteiger partial charge on any atom is 0.231 e. The summed E-state index contributed by atoms with van der Waals surface area (Å²) < 4.78 is 38.1. The number of aryl methyl sites for hydroxylation is 2. The predicted octanol–water partition coefficient (Wildman–Crippen LogP) is 5.48. The number of hydrogen-bond donors (Lipinski definition) is 2. The Morgan fingerprint density at radius 2 is 1.54 bits per heavy atom. The molecule has 0 radical (unpaired) electrons. The first kappa shape index (κ1) is 22.9. The van der Waals surface area contributed by atoms with Crippen LogP contribution < -0.4 is 20.5 Å². The molecule has 0 fully saturated rings. The number of benzene rings is 3. The number of ketones is 1. The number of thiophene rings is 1. The van der Waals surface area contributed by atoms with Crippen molar-refractivity contribution >= 4 is 43.3 Å². The number of carbonyl (C=O) groups is 1. The molecule has 1 aliphatic rings. The van der Waals surface area contributed by atoms with Gasteiger partial charge in [-0.1, -0.05) is 35.4 Å². The van der Waals surface area contributed by atoms with Crippen LogP contribution in [0.4, 0.5) is 16.4 Å². The molecule has 2 heterocycles. The number of rotatable bonds is 6. The molecule has 4 aromatic rings. The largest absolute Gasteiger partial charge is 0.454 e. The van der Waals surface area contributed by atoms with Crippen molar-refractivity contribution in [1.29, 1.82) is 0 Å². The summed E-state index contributed by atoms with van der Waals surface area (Å²) in [6, 6.07) is 18.9. The zero-order valence-electron chi connectivity index (χ0n) is 19.0. The first-order chi connectivity index (χ1) is 16.7. The van der Waals surface area contributed by atoms with Gasteiger partial charge in [-0.3, -0.25) is 4.79 Å². The van der Waals surface area contributed by atoms with Crippen molar-refractivity contribution in [2.45, 2.75) is 23.6 Å². The average molecular weight is 507 g/mol. The molecule has 0 unspecified atom stereocenters. The van der Waals surface area contributed by atoms with Gasteiger partial charge in [0.25, 0.3) is 0 Å². The second-order valence-corrected chi connectivity index (χ2v) is 11.1. The molecule has 3 aromatic carbocycles. The van der Waals surface area contributed by atoms with Crippen LogP contribution in [0.25, 0.3) is 0 Å². The third-order valence-corrected chi connectivity index (χ3v) is 8.75. The van der Waals surface area contributed by atoms with Crippen molar-refractivity contribution in [3.63, 3.8) is 0 Å². The molecule has 5 rings (SSSR count). The number of nitrogens with one attached hydrogen (secondary N) is 1. The quantitative estimate of drug-likeness (QED) is 0.333. The van der Waals surface area contributed by atoms with Crippen LogP contribution in [0.1, 0.15) is 26.4 Å². The third kappa shape index (κ3) is 4.24. The number of fused-ring (bicyclic) bond motifs is 1. The second-order valence-electron chi connectivity index (χ2n) is 8.21. The van der Waals surface area contributed by atoms with E-state index in [-0.39, 0.29) is 32.1 Å². The lowest BCUT2D eigenvalue weighted by Gasteiger charge is -2.10. The van der Waals surface area contributed by atoms with E-state index in [0.717, 1.165) is 22.5 Å². The van der Waals surface area contributed by atoms with Crippen LogP contribution in [0.3, 0.4) is 0 Å². The minimum Gasteiger partial charge on any atom is -0.454 e. The standard InChI is InChI=1S/C26H22N2O5S2/c1-15-3-8-18(9-4-15)28-26-25(35(30,31)19-10-5-16(2)6-11-19)22(27)24(34-26)23(29)17-7-12-20-21(13-17)33-14-32-20/h3-13,28H,14,27H2,1-2H3. The van der Waals surface area contributed by atoms with Crippen LogP contribution in [0.5, 0.6) is 11.5 Å². The van der Waals surface area contributed by atoms with Crippen molar-refractivity contribution in [1.82, 2.24) is 0 Å². The Morgan fingerprint density at radius 1 is 0.914 bits per heavy atom. The number of carbonyl (C=O) groups excluding carboxylic acids is 1. The first-order valence-corrected chi connectivity index (χ1v) is 13.1. The van der Waals surface area contributed by atoms with E-state index in [4.69, 9.17) is 15.2 Å². The van der Waals surface area contributed by atoms with E-state index in [9.17, 15) is 13.2 Å². The number of ether oxygens (including phenoxy) is 2. The number of hydrogen-bond acceptors (Lipinski definition) is 8. The fraction of sp³-hybridized carbons (Fsp3) is 0.115. The van der Waals surface area contributed by atoms with Gasteiger partial charge in [-0.25, -0.2) is 8.42 Å². The number of nitrogen functional groups attached to an aromatic ring is 1. The minimum atomic E-state index is -4.02. The first-order valence-electron chi connectivity index (χ1n) is 10.8. The summed E-state index contributed by atoms with van der Waals surface area (Å²) in [5.74, 6) is 0.602. The third-order valence-electron chi connectivity index (χ3n) is 5.65. The molecule has 0 spiro atoms. The molecule has 178 valence electrons. The predicted molar refractivity (Wildman–Crippen MR) is 136 cm³/mol. The Kier molecular flexibility index (Phi) is 5.74. The molecule has 0 saturated heterocycles. The summed E-state index contributed by atoms with van der Waals surface area (Å²) in [6.45, 7) is 3.92. The molecule has 0 bridgehead atoms. The lowest BCUT2D eigenvalue weighted by atomic mass is 10.1. The molecule has 9 heteroatoms. The Morgan fingerprint density at radius 3 is 2.23 bits per heavy atom. The van der Waals surface area contributed by atoms with E-state index >= 15 is 0 Å². The Hall–Kier alpha value is -3.82. The molecule has 0 saturated carbocycles. The summed E-state index contributed by atoms with van der Waals surface area (Å²) in [5.41, 5.74) is 9.31. The Balaban J connectivity index is 1.63. The smallest absolute Gasteiger partial charge is 0.231 e. The van der Waals surface area contributed by atoms with Gasteiger partial charge in [0.05, 0.1) is 10.6 Å². The van der Waals surface area contributed by atoms with Gasteiger partial charge in [0, 0.05) is 11.3 Å². The lowest BCUT2D eigenvalue weighted by molar-refractivity contribution is 0.104. The van der Waals surface area contributed by atoms with Gasteiger partial charge in [-0.05, 0) is 56.3 Å². The topological polar surface area (TPSA) is 108 Å². The monoisotopic (exact) mass is 506 g/mol. The summed E-state index contributed by atoms with van der Waals surface area (Å²) in [5, 5.41) is 3.43. The SMILES string of the molecule is Cc1ccc(Nc2sc(C(=O)c3ccc4c(c3)OCO4)c(N)c2S(=O)(=O)c2ccc(C)cc2)cc1. The van der Waals surface area contributed by atoms with Crippen molar-refractivity contribution in [3.05, 3.63) is 88.3 Å². The molecule has 0 amide bonds. The van der Waals surface area contributed by atoms with Crippen LogP contribution in [0.2, 0.25) is 0 Å². The van der Waals surface area contributed by atoms with Crippen molar-refractivity contribution < 1.29 is 22.7 Å². The number of anilines is 3. The van der Waals surface area contributed by atoms with E-state index in [1.165, 1.54) is 12.1 Å². The van der Waals surface area contributed by atoms with Gasteiger partial charge in [0.15, 0.2) is 11.5 Å². The minimum absolute atomic E-state index is 0.0810. The summed E-state index contributed by atoms with van der Waals surface area (Å²) in [6.07, 6.45) is 0. The van der Waals surface area contributed by atoms with Crippen LogP contribution in [-0.4, -0.2) is 21.0 Å². The van der Waals surface area contributed by atoms with Crippen LogP contribution in [0, 0.1) is 13.8 Å². The molecule has 3 N–H and O–H groups in total. The highest BCUT2D eigenvalue weighted by Crippen LogP contribution is 2.44. The van der Waals surface area contributed by atoms with E-state index in [1.54, 1.807) is 30.3 Å². The van der Waals surface area contributed by atoms with Crippen molar-refractivity contribution in [2.75, 3.05) is 17.8 Å². The highest BCUT2D eigenvalue weighted by molar-refractivity contribution is 7.92. The Labute approximate surface area is 207 Å². The molecule has 0 atom stereocenters. The van der Waals surface area contributed by atoms with Crippen molar-refractivity contribution in [2.24, 2.45) is 0 Å². The molecule has 7 nitrogen and oxygen atoms in total. The van der Waals surface area contributed by atoms with E-state index in [0.29, 0.717) is 22.7 Å².